The average molecular weight is 228 g/mol. The van der Waals surface area contributed by atoms with E-state index in [1.165, 1.54) is 0 Å². The molecular weight excluding hydrogens is 204 g/mol. The lowest BCUT2D eigenvalue weighted by Gasteiger charge is -2.31. The lowest BCUT2D eigenvalue weighted by molar-refractivity contribution is -0.126. The largest absolute Gasteiger partial charge is 0.383 e. The van der Waals surface area contributed by atoms with Crippen molar-refractivity contribution in [3.63, 3.8) is 0 Å². The molecule has 0 aromatic heterocycles. The number of carbonyl (C=O) groups excluding carboxylic acids is 1. The molecule has 1 saturated heterocycles. The van der Waals surface area contributed by atoms with Crippen molar-refractivity contribution in [2.24, 2.45) is 5.92 Å². The summed E-state index contributed by atoms with van der Waals surface area (Å²) in [5.74, 6) is 0.370. The van der Waals surface area contributed by atoms with Crippen LogP contribution in [-0.4, -0.2) is 50.7 Å². The van der Waals surface area contributed by atoms with E-state index in [0.717, 1.165) is 38.9 Å². The number of carbonyl (C=O) groups is 1. The van der Waals surface area contributed by atoms with E-state index < -0.39 is 0 Å². The Kier molecular flexibility index (Phi) is 6.42. The molecule has 1 rings (SSSR count). The zero-order valence-corrected chi connectivity index (χ0v) is 10.5. The zero-order chi connectivity index (χ0) is 11.8. The summed E-state index contributed by atoms with van der Waals surface area (Å²) in [6.45, 7) is 6.59. The first-order valence-corrected chi connectivity index (χ1v) is 6.27. The van der Waals surface area contributed by atoms with Crippen LogP contribution >= 0.6 is 0 Å². The Morgan fingerprint density at radius 1 is 1.56 bits per heavy atom. The smallest absolute Gasteiger partial charge is 0.224 e. The molecule has 4 nitrogen and oxygen atoms in total. The van der Waals surface area contributed by atoms with Crippen LogP contribution in [0.5, 0.6) is 0 Å². The van der Waals surface area contributed by atoms with Crippen LogP contribution in [0.1, 0.15) is 26.2 Å². The van der Waals surface area contributed by atoms with Crippen LogP contribution in [0.25, 0.3) is 0 Å². The standard InChI is InChI=1S/C12H24N2O2/c1-3-7-14-8-4-5-11(10-14)12(15)13-6-9-16-2/h11H,3-10H2,1-2H3,(H,13,15). The highest BCUT2D eigenvalue weighted by atomic mass is 16.5. The summed E-state index contributed by atoms with van der Waals surface area (Å²) in [5.41, 5.74) is 0. The molecule has 1 aliphatic heterocycles. The first kappa shape index (κ1) is 13.5. The molecule has 0 aromatic carbocycles. The van der Waals surface area contributed by atoms with Crippen molar-refractivity contribution in [2.75, 3.05) is 39.9 Å². The third-order valence-corrected chi connectivity index (χ3v) is 3.02. The van der Waals surface area contributed by atoms with E-state index in [9.17, 15) is 4.79 Å². The molecule has 0 aromatic rings. The fourth-order valence-electron chi connectivity index (χ4n) is 2.21. The number of ether oxygens (including phenoxy) is 1. The molecule has 16 heavy (non-hydrogen) atoms. The Morgan fingerprint density at radius 3 is 3.06 bits per heavy atom. The van der Waals surface area contributed by atoms with Gasteiger partial charge in [-0.05, 0) is 32.4 Å². The van der Waals surface area contributed by atoms with Crippen LogP contribution in [0.3, 0.4) is 0 Å². The number of nitrogens with one attached hydrogen (secondary N) is 1. The molecule has 4 heteroatoms. The maximum Gasteiger partial charge on any atom is 0.224 e. The highest BCUT2D eigenvalue weighted by Crippen LogP contribution is 2.16. The first-order valence-electron chi connectivity index (χ1n) is 6.27. The minimum atomic E-state index is 0.178. The molecule has 1 aliphatic rings. The van der Waals surface area contributed by atoms with Gasteiger partial charge in [-0.3, -0.25) is 4.79 Å². The van der Waals surface area contributed by atoms with Crippen LogP contribution in [0, 0.1) is 5.92 Å². The van der Waals surface area contributed by atoms with E-state index in [2.05, 4.69) is 17.1 Å². The van der Waals surface area contributed by atoms with Crippen molar-refractivity contribution in [1.29, 1.82) is 0 Å². The summed E-state index contributed by atoms with van der Waals surface area (Å²) in [6.07, 6.45) is 3.33. The predicted molar refractivity (Wildman–Crippen MR) is 64.3 cm³/mol. The fourth-order valence-corrected chi connectivity index (χ4v) is 2.21. The van der Waals surface area contributed by atoms with Gasteiger partial charge >= 0.3 is 0 Å². The molecule has 0 radical (unpaired) electrons. The molecule has 0 bridgehead atoms. The number of nitrogens with zero attached hydrogens (tertiary/aromatic N) is 1. The van der Waals surface area contributed by atoms with Gasteiger partial charge in [0.25, 0.3) is 0 Å². The number of hydrogen-bond acceptors (Lipinski definition) is 3. The van der Waals surface area contributed by atoms with E-state index in [1.807, 2.05) is 0 Å². The Morgan fingerprint density at radius 2 is 2.38 bits per heavy atom. The van der Waals surface area contributed by atoms with Gasteiger partial charge in [-0.15, -0.1) is 0 Å². The Labute approximate surface area is 98.3 Å². The minimum Gasteiger partial charge on any atom is -0.383 e. The summed E-state index contributed by atoms with van der Waals surface area (Å²) < 4.78 is 4.91. The Hall–Kier alpha value is -0.610. The van der Waals surface area contributed by atoms with Crippen LogP contribution < -0.4 is 5.32 Å². The van der Waals surface area contributed by atoms with Crippen LogP contribution in [0.2, 0.25) is 0 Å². The highest BCUT2D eigenvalue weighted by Gasteiger charge is 2.24. The second kappa shape index (κ2) is 7.63. The van der Waals surface area contributed by atoms with Gasteiger partial charge < -0.3 is 15.0 Å². The predicted octanol–water partition coefficient (Wildman–Crippen LogP) is 0.871. The van der Waals surface area contributed by atoms with Crippen LogP contribution in [0.15, 0.2) is 0 Å². The quantitative estimate of drug-likeness (QED) is 0.686. The van der Waals surface area contributed by atoms with Crippen molar-refractivity contribution in [3.05, 3.63) is 0 Å². The van der Waals surface area contributed by atoms with E-state index >= 15 is 0 Å². The van der Waals surface area contributed by atoms with E-state index in [4.69, 9.17) is 4.74 Å². The maximum atomic E-state index is 11.8. The SMILES string of the molecule is CCCN1CCCC(C(=O)NCCOC)C1. The number of rotatable bonds is 6. The topological polar surface area (TPSA) is 41.6 Å². The molecule has 1 atom stereocenters. The van der Waals surface area contributed by atoms with Gasteiger partial charge in [-0.1, -0.05) is 6.92 Å². The molecule has 1 unspecified atom stereocenters. The molecule has 0 saturated carbocycles. The Balaban J connectivity index is 2.26. The van der Waals surface area contributed by atoms with Crippen LogP contribution in [0.4, 0.5) is 0 Å². The van der Waals surface area contributed by atoms with Gasteiger partial charge in [0.05, 0.1) is 12.5 Å². The highest BCUT2D eigenvalue weighted by molar-refractivity contribution is 5.78. The maximum absolute atomic E-state index is 11.8. The van der Waals surface area contributed by atoms with Gasteiger partial charge in [0.2, 0.25) is 5.91 Å². The van der Waals surface area contributed by atoms with Crippen molar-refractivity contribution < 1.29 is 9.53 Å². The number of amides is 1. The minimum absolute atomic E-state index is 0.178. The summed E-state index contributed by atoms with van der Waals surface area (Å²) >= 11 is 0. The molecule has 1 fully saturated rings. The van der Waals surface area contributed by atoms with Crippen molar-refractivity contribution in [2.45, 2.75) is 26.2 Å². The zero-order valence-electron chi connectivity index (χ0n) is 10.5. The van der Waals surface area contributed by atoms with Crippen LogP contribution in [-0.2, 0) is 9.53 Å². The van der Waals surface area contributed by atoms with Gasteiger partial charge in [0.1, 0.15) is 0 Å². The van der Waals surface area contributed by atoms with Crippen molar-refractivity contribution >= 4 is 5.91 Å². The van der Waals surface area contributed by atoms with Gasteiger partial charge in [-0.2, -0.15) is 0 Å². The number of likely N-dealkylation sites (tertiary alicyclic amines) is 1. The lowest BCUT2D eigenvalue weighted by atomic mass is 9.97. The van der Waals surface area contributed by atoms with Crippen molar-refractivity contribution in [1.82, 2.24) is 10.2 Å². The lowest BCUT2D eigenvalue weighted by Crippen LogP contribution is -2.43. The monoisotopic (exact) mass is 228 g/mol. The fraction of sp³-hybridized carbons (Fsp3) is 0.917. The average Bonchev–Trinajstić information content (AvgIpc) is 2.30. The third-order valence-electron chi connectivity index (χ3n) is 3.02. The first-order chi connectivity index (χ1) is 7.77. The van der Waals surface area contributed by atoms with E-state index in [1.54, 1.807) is 7.11 Å². The van der Waals surface area contributed by atoms with E-state index in [-0.39, 0.29) is 11.8 Å². The molecule has 94 valence electrons. The van der Waals surface area contributed by atoms with E-state index in [0.29, 0.717) is 13.2 Å². The normalized spacial score (nSPS) is 22.0. The molecule has 1 amide bonds. The number of hydrogen-bond donors (Lipinski definition) is 1. The number of methoxy groups -OCH3 is 1. The summed E-state index contributed by atoms with van der Waals surface area (Å²) in [7, 11) is 1.65. The summed E-state index contributed by atoms with van der Waals surface area (Å²) in [6, 6.07) is 0. The van der Waals surface area contributed by atoms with Gasteiger partial charge in [0, 0.05) is 20.2 Å². The molecule has 0 aliphatic carbocycles. The number of piperidine rings is 1. The van der Waals surface area contributed by atoms with Gasteiger partial charge in [0.15, 0.2) is 0 Å². The third kappa shape index (κ3) is 4.49. The second-order valence-corrected chi connectivity index (χ2v) is 4.42. The van der Waals surface area contributed by atoms with Crippen molar-refractivity contribution in [3.8, 4) is 0 Å². The molecule has 1 heterocycles. The summed E-state index contributed by atoms with van der Waals surface area (Å²) in [4.78, 5) is 14.2. The second-order valence-electron chi connectivity index (χ2n) is 4.42. The summed E-state index contributed by atoms with van der Waals surface area (Å²) in [5, 5.41) is 2.93. The molecule has 0 spiro atoms. The Bertz CT molecular complexity index is 207. The molecule has 1 N–H and O–H groups in total. The molecular formula is C12H24N2O2. The van der Waals surface area contributed by atoms with Gasteiger partial charge in [-0.25, -0.2) is 0 Å².